The van der Waals surface area contributed by atoms with Gasteiger partial charge in [0.1, 0.15) is 6.33 Å². The van der Waals surface area contributed by atoms with Crippen molar-refractivity contribution in [3.63, 3.8) is 0 Å². The Morgan fingerprint density at radius 1 is 1.32 bits per heavy atom. The monoisotopic (exact) mass is 359 g/mol. The van der Waals surface area contributed by atoms with Crippen LogP contribution in [-0.2, 0) is 4.79 Å². The molecule has 0 spiro atoms. The van der Waals surface area contributed by atoms with Gasteiger partial charge in [0.25, 0.3) is 5.91 Å². The lowest BCUT2D eigenvalue weighted by atomic mass is 10.1. The number of para-hydroxylation sites is 1. The molecular formula is C17H21N5O2S. The fourth-order valence-electron chi connectivity index (χ4n) is 2.29. The maximum atomic E-state index is 12.3. The topological polar surface area (TPSA) is 88.9 Å². The highest BCUT2D eigenvalue weighted by Gasteiger charge is 2.25. The van der Waals surface area contributed by atoms with Crippen LogP contribution in [0.3, 0.4) is 0 Å². The van der Waals surface area contributed by atoms with Crippen molar-refractivity contribution < 1.29 is 9.59 Å². The molecule has 1 aliphatic carbocycles. The average Bonchev–Trinajstić information content (AvgIpc) is 3.26. The van der Waals surface area contributed by atoms with Crippen LogP contribution in [0.1, 0.15) is 43.1 Å². The third-order valence-corrected chi connectivity index (χ3v) is 4.74. The number of hydrogen-bond acceptors (Lipinski definition) is 5. The highest BCUT2D eigenvalue weighted by atomic mass is 32.2. The molecule has 0 radical (unpaired) electrons. The zero-order valence-corrected chi connectivity index (χ0v) is 15.0. The number of amides is 2. The highest BCUT2D eigenvalue weighted by molar-refractivity contribution is 7.99. The van der Waals surface area contributed by atoms with E-state index in [0.717, 1.165) is 12.8 Å². The van der Waals surface area contributed by atoms with Crippen molar-refractivity contribution in [1.82, 2.24) is 20.1 Å². The largest absolute Gasteiger partial charge is 0.349 e. The second-order valence-corrected chi connectivity index (χ2v) is 7.19. The zero-order valence-electron chi connectivity index (χ0n) is 14.2. The molecule has 2 N–H and O–H groups in total. The first-order chi connectivity index (χ1) is 12.0. The number of carbonyl (C=O) groups is 2. The molecule has 0 atom stereocenters. The minimum absolute atomic E-state index is 0.148. The van der Waals surface area contributed by atoms with E-state index < -0.39 is 0 Å². The molecule has 7 nitrogen and oxygen atoms in total. The second kappa shape index (κ2) is 7.69. The summed E-state index contributed by atoms with van der Waals surface area (Å²) in [5.74, 6) is -0.134. The van der Waals surface area contributed by atoms with Crippen LogP contribution in [-0.4, -0.2) is 38.4 Å². The van der Waals surface area contributed by atoms with E-state index in [0.29, 0.717) is 16.4 Å². The van der Waals surface area contributed by atoms with Gasteiger partial charge in [-0.2, -0.15) is 0 Å². The minimum Gasteiger partial charge on any atom is -0.349 e. The molecule has 0 aliphatic heterocycles. The maximum Gasteiger partial charge on any atom is 0.253 e. The van der Waals surface area contributed by atoms with Crippen LogP contribution in [0.4, 0.5) is 5.69 Å². The Hall–Kier alpha value is -2.35. The van der Waals surface area contributed by atoms with E-state index in [9.17, 15) is 9.59 Å². The fraction of sp³-hybridized carbons (Fsp3) is 0.412. The summed E-state index contributed by atoms with van der Waals surface area (Å²) in [6.45, 7) is 4.06. The van der Waals surface area contributed by atoms with Crippen LogP contribution in [0.15, 0.2) is 35.7 Å². The Bertz CT molecular complexity index is 770. The molecular weight excluding hydrogens is 338 g/mol. The summed E-state index contributed by atoms with van der Waals surface area (Å²) in [5, 5.41) is 14.4. The number of anilines is 1. The number of hydrogen-bond donors (Lipinski definition) is 2. The van der Waals surface area contributed by atoms with Crippen molar-refractivity contribution >= 4 is 29.3 Å². The molecule has 1 saturated carbocycles. The number of carbonyl (C=O) groups excluding carboxylic acids is 2. The standard InChI is InChI=1S/C17H21N5O2S/c1-11(2)22-10-18-21-17(22)25-9-15(23)20-14-6-4-3-5-13(14)16(24)19-12-7-8-12/h3-6,10-12H,7-9H2,1-2H3,(H,19,24)(H,20,23). The first kappa shape index (κ1) is 17.5. The molecule has 0 saturated heterocycles. The normalized spacial score (nSPS) is 13.7. The first-order valence-electron chi connectivity index (χ1n) is 8.26. The van der Waals surface area contributed by atoms with Crippen LogP contribution in [0.5, 0.6) is 0 Å². The van der Waals surface area contributed by atoms with E-state index in [-0.39, 0.29) is 29.7 Å². The van der Waals surface area contributed by atoms with Crippen molar-refractivity contribution in [2.45, 2.75) is 43.9 Å². The summed E-state index contributed by atoms with van der Waals surface area (Å²) in [6, 6.07) is 7.54. The van der Waals surface area contributed by atoms with Gasteiger partial charge in [0.15, 0.2) is 5.16 Å². The molecule has 0 bridgehead atoms. The number of aromatic nitrogens is 3. The van der Waals surface area contributed by atoms with Gasteiger partial charge in [0.2, 0.25) is 5.91 Å². The molecule has 0 unspecified atom stereocenters. The van der Waals surface area contributed by atoms with E-state index in [1.807, 2.05) is 18.4 Å². The van der Waals surface area contributed by atoms with Crippen LogP contribution in [0.25, 0.3) is 0 Å². The van der Waals surface area contributed by atoms with Gasteiger partial charge < -0.3 is 15.2 Å². The molecule has 1 aromatic carbocycles. The quantitative estimate of drug-likeness (QED) is 0.742. The molecule has 1 aliphatic rings. The summed E-state index contributed by atoms with van der Waals surface area (Å²) >= 11 is 1.32. The highest BCUT2D eigenvalue weighted by Crippen LogP contribution is 2.22. The molecule has 2 aromatic rings. The number of thioether (sulfide) groups is 1. The van der Waals surface area contributed by atoms with E-state index >= 15 is 0 Å². The van der Waals surface area contributed by atoms with Crippen LogP contribution in [0, 0.1) is 0 Å². The number of nitrogens with zero attached hydrogens (tertiary/aromatic N) is 3. The number of rotatable bonds is 7. The lowest BCUT2D eigenvalue weighted by Gasteiger charge is -2.12. The number of nitrogens with one attached hydrogen (secondary N) is 2. The molecule has 132 valence electrons. The fourth-order valence-corrected chi connectivity index (χ4v) is 3.13. The van der Waals surface area contributed by atoms with Crippen LogP contribution < -0.4 is 10.6 Å². The molecule has 1 fully saturated rings. The average molecular weight is 359 g/mol. The minimum atomic E-state index is -0.185. The van der Waals surface area contributed by atoms with E-state index in [4.69, 9.17) is 0 Å². The van der Waals surface area contributed by atoms with Crippen LogP contribution >= 0.6 is 11.8 Å². The van der Waals surface area contributed by atoms with Crippen LogP contribution in [0.2, 0.25) is 0 Å². The number of benzene rings is 1. The molecule has 1 heterocycles. The Morgan fingerprint density at radius 2 is 2.08 bits per heavy atom. The van der Waals surface area contributed by atoms with Crippen molar-refractivity contribution in [1.29, 1.82) is 0 Å². The van der Waals surface area contributed by atoms with E-state index in [2.05, 4.69) is 20.8 Å². The van der Waals surface area contributed by atoms with Crippen molar-refractivity contribution in [2.24, 2.45) is 0 Å². The van der Waals surface area contributed by atoms with Gasteiger partial charge in [-0.25, -0.2) is 0 Å². The summed E-state index contributed by atoms with van der Waals surface area (Å²) in [4.78, 5) is 24.5. The lowest BCUT2D eigenvalue weighted by Crippen LogP contribution is -2.27. The summed E-state index contributed by atoms with van der Waals surface area (Å²) in [5.41, 5.74) is 1.01. The molecule has 2 amide bonds. The van der Waals surface area contributed by atoms with Crippen molar-refractivity contribution in [3.8, 4) is 0 Å². The SMILES string of the molecule is CC(C)n1cnnc1SCC(=O)Nc1ccccc1C(=O)NC1CC1. The Balaban J connectivity index is 1.61. The van der Waals surface area contributed by atoms with Gasteiger partial charge in [0.05, 0.1) is 17.0 Å². The van der Waals surface area contributed by atoms with Gasteiger partial charge in [-0.15, -0.1) is 10.2 Å². The Labute approximate surface area is 150 Å². The maximum absolute atomic E-state index is 12.3. The van der Waals surface area contributed by atoms with Gasteiger partial charge in [-0.3, -0.25) is 9.59 Å². The van der Waals surface area contributed by atoms with Gasteiger partial charge >= 0.3 is 0 Å². The summed E-state index contributed by atoms with van der Waals surface area (Å²) in [6.07, 6.45) is 3.70. The first-order valence-corrected chi connectivity index (χ1v) is 9.25. The molecule has 8 heteroatoms. The second-order valence-electron chi connectivity index (χ2n) is 6.24. The zero-order chi connectivity index (χ0) is 17.8. The summed E-state index contributed by atoms with van der Waals surface area (Å²) in [7, 11) is 0. The van der Waals surface area contributed by atoms with Crippen molar-refractivity contribution in [2.75, 3.05) is 11.1 Å². The van der Waals surface area contributed by atoms with Gasteiger partial charge in [-0.05, 0) is 38.8 Å². The Kier molecular flexibility index (Phi) is 5.37. The van der Waals surface area contributed by atoms with Crippen molar-refractivity contribution in [3.05, 3.63) is 36.2 Å². The van der Waals surface area contributed by atoms with E-state index in [1.165, 1.54) is 11.8 Å². The van der Waals surface area contributed by atoms with Gasteiger partial charge in [0, 0.05) is 12.1 Å². The molecule has 25 heavy (non-hydrogen) atoms. The molecule has 3 rings (SSSR count). The lowest BCUT2D eigenvalue weighted by molar-refractivity contribution is -0.113. The molecule has 1 aromatic heterocycles. The predicted molar refractivity (Wildman–Crippen MR) is 96.7 cm³/mol. The summed E-state index contributed by atoms with van der Waals surface area (Å²) < 4.78 is 1.91. The van der Waals surface area contributed by atoms with Gasteiger partial charge in [-0.1, -0.05) is 23.9 Å². The third kappa shape index (κ3) is 4.60. The third-order valence-electron chi connectivity index (χ3n) is 3.79. The smallest absolute Gasteiger partial charge is 0.253 e. The van der Waals surface area contributed by atoms with E-state index in [1.54, 1.807) is 30.6 Å². The predicted octanol–water partition coefficient (Wildman–Crippen LogP) is 2.48. The Morgan fingerprint density at radius 3 is 2.80 bits per heavy atom.